The summed E-state index contributed by atoms with van der Waals surface area (Å²) in [5.74, 6) is 0. The Kier molecular flexibility index (Phi) is 4.54. The number of amides is 1. The van der Waals surface area contributed by atoms with E-state index in [-0.39, 0.29) is 17.6 Å². The summed E-state index contributed by atoms with van der Waals surface area (Å²) < 4.78 is 6.45. The van der Waals surface area contributed by atoms with E-state index in [2.05, 4.69) is 37.2 Å². The summed E-state index contributed by atoms with van der Waals surface area (Å²) in [7, 11) is 0. The maximum Gasteiger partial charge on any atom is 0.407 e. The highest BCUT2D eigenvalue weighted by Crippen LogP contribution is 2.54. The molecule has 0 radical (unpaired) electrons. The van der Waals surface area contributed by atoms with E-state index in [0.29, 0.717) is 11.6 Å². The van der Waals surface area contributed by atoms with E-state index < -0.39 is 5.60 Å². The van der Waals surface area contributed by atoms with Gasteiger partial charge in [0.15, 0.2) is 0 Å². The molecule has 2 heterocycles. The molecule has 1 N–H and O–H groups in total. The Balaban J connectivity index is 1.62. The molecule has 144 valence electrons. The molecule has 2 fully saturated rings. The minimum Gasteiger partial charge on any atom is -0.444 e. The first-order chi connectivity index (χ1) is 12.7. The lowest BCUT2D eigenvalue weighted by Gasteiger charge is -2.24. The summed E-state index contributed by atoms with van der Waals surface area (Å²) in [6.07, 6.45) is 3.57. The van der Waals surface area contributed by atoms with Crippen LogP contribution in [0.25, 0.3) is 10.9 Å². The number of ether oxygens (including phenoxy) is 1. The topological polar surface area (TPSA) is 54.5 Å². The average Bonchev–Trinajstić information content (AvgIpc) is 3.24. The number of anilines is 1. The Morgan fingerprint density at radius 3 is 2.81 bits per heavy atom. The highest BCUT2D eigenvalue weighted by molar-refractivity contribution is 9.10. The fraction of sp³-hybridized carbons (Fsp3) is 0.500. The Morgan fingerprint density at radius 2 is 2.15 bits per heavy atom. The second-order valence-corrected chi connectivity index (χ2v) is 9.88. The van der Waals surface area contributed by atoms with Gasteiger partial charge in [-0.25, -0.2) is 4.79 Å². The molecule has 4 rings (SSSR count). The lowest BCUT2D eigenvalue weighted by atomic mass is 10.0. The first-order valence-electron chi connectivity index (χ1n) is 9.15. The maximum atomic E-state index is 12.3. The monoisotopic (exact) mass is 451 g/mol. The van der Waals surface area contributed by atoms with Crippen molar-refractivity contribution in [3.05, 3.63) is 33.9 Å². The zero-order valence-electron chi connectivity index (χ0n) is 15.7. The third-order valence-corrected chi connectivity index (χ3v) is 6.07. The summed E-state index contributed by atoms with van der Waals surface area (Å²) in [6.45, 7) is 7.22. The smallest absolute Gasteiger partial charge is 0.407 e. The summed E-state index contributed by atoms with van der Waals surface area (Å²) in [5, 5.41) is 4.75. The average molecular weight is 453 g/mol. The van der Waals surface area contributed by atoms with Gasteiger partial charge in [-0.15, -0.1) is 0 Å². The van der Waals surface area contributed by atoms with Crippen molar-refractivity contribution in [3.63, 3.8) is 0 Å². The van der Waals surface area contributed by atoms with Crippen LogP contribution in [0.15, 0.2) is 28.9 Å². The van der Waals surface area contributed by atoms with Gasteiger partial charge in [-0.2, -0.15) is 0 Å². The van der Waals surface area contributed by atoms with E-state index in [1.54, 1.807) is 6.20 Å². The number of fused-ring (bicyclic) bond motifs is 1. The van der Waals surface area contributed by atoms with Crippen LogP contribution in [0.4, 0.5) is 10.5 Å². The predicted molar refractivity (Wildman–Crippen MR) is 111 cm³/mol. The van der Waals surface area contributed by atoms with Crippen LogP contribution in [-0.4, -0.2) is 35.8 Å². The van der Waals surface area contributed by atoms with Crippen molar-refractivity contribution < 1.29 is 9.53 Å². The summed E-state index contributed by atoms with van der Waals surface area (Å²) in [4.78, 5) is 19.0. The maximum absolute atomic E-state index is 12.3. The molecule has 1 amide bonds. The third kappa shape index (κ3) is 3.74. The SMILES string of the molecule is CC(C)(C)OC(=O)N[C@@H]1CN(c2c(Cl)cnc3ccc(Br)cc23)CC12CC2. The predicted octanol–water partition coefficient (Wildman–Crippen LogP) is 5.14. The van der Waals surface area contributed by atoms with Crippen molar-refractivity contribution in [2.75, 3.05) is 18.0 Å². The van der Waals surface area contributed by atoms with Gasteiger partial charge in [0.25, 0.3) is 0 Å². The fourth-order valence-corrected chi connectivity index (χ4v) is 4.53. The van der Waals surface area contributed by atoms with Crippen LogP contribution in [-0.2, 0) is 4.74 Å². The molecule has 1 saturated carbocycles. The van der Waals surface area contributed by atoms with Gasteiger partial charge in [0.05, 0.1) is 22.3 Å². The minimum atomic E-state index is -0.504. The summed E-state index contributed by atoms with van der Waals surface area (Å²) >= 11 is 10.1. The van der Waals surface area contributed by atoms with Crippen molar-refractivity contribution >= 4 is 50.2 Å². The molecule has 1 spiro atoms. The van der Waals surface area contributed by atoms with Crippen LogP contribution in [0.2, 0.25) is 5.02 Å². The molecule has 1 aliphatic heterocycles. The van der Waals surface area contributed by atoms with Crippen LogP contribution in [0.5, 0.6) is 0 Å². The van der Waals surface area contributed by atoms with Crippen LogP contribution < -0.4 is 10.2 Å². The number of nitrogens with zero attached hydrogens (tertiary/aromatic N) is 2. The van der Waals surface area contributed by atoms with Crippen molar-refractivity contribution in [2.45, 2.75) is 45.3 Å². The lowest BCUT2D eigenvalue weighted by molar-refractivity contribution is 0.0493. The number of carbonyl (C=O) groups excluding carboxylic acids is 1. The Morgan fingerprint density at radius 1 is 1.41 bits per heavy atom. The highest BCUT2D eigenvalue weighted by atomic mass is 79.9. The number of halogens is 2. The Labute approximate surface area is 172 Å². The number of alkyl carbamates (subject to hydrolysis) is 1. The largest absolute Gasteiger partial charge is 0.444 e. The number of aromatic nitrogens is 1. The molecule has 0 bridgehead atoms. The van der Waals surface area contributed by atoms with E-state index in [1.165, 1.54) is 0 Å². The van der Waals surface area contributed by atoms with Gasteiger partial charge in [-0.1, -0.05) is 27.5 Å². The Bertz CT molecular complexity index is 903. The standard InChI is InChI=1S/C20H23BrClN3O2/c1-19(2,3)27-18(26)24-16-10-25(11-20(16)6-7-20)17-13-8-12(21)4-5-15(13)23-9-14(17)22/h4-5,8-9,16H,6-7,10-11H2,1-3H3,(H,24,26)/t16-/m1/s1. The van der Waals surface area contributed by atoms with E-state index in [9.17, 15) is 4.79 Å². The molecule has 2 aliphatic rings. The highest BCUT2D eigenvalue weighted by Gasteiger charge is 2.56. The van der Waals surface area contributed by atoms with Crippen LogP contribution in [0.1, 0.15) is 33.6 Å². The normalized spacial score (nSPS) is 20.9. The number of rotatable bonds is 2. The molecule has 5 nitrogen and oxygen atoms in total. The summed E-state index contributed by atoms with van der Waals surface area (Å²) in [6, 6.07) is 6.07. The molecule has 1 aromatic carbocycles. The Hall–Kier alpha value is -1.53. The van der Waals surface area contributed by atoms with E-state index in [4.69, 9.17) is 16.3 Å². The number of hydrogen-bond acceptors (Lipinski definition) is 4. The van der Waals surface area contributed by atoms with Crippen LogP contribution >= 0.6 is 27.5 Å². The van der Waals surface area contributed by atoms with Gasteiger partial charge in [0.2, 0.25) is 0 Å². The molecule has 1 aliphatic carbocycles. The van der Waals surface area contributed by atoms with Crippen molar-refractivity contribution in [2.24, 2.45) is 5.41 Å². The first kappa shape index (κ1) is 18.8. The number of benzene rings is 1. The molecule has 7 heteroatoms. The van der Waals surface area contributed by atoms with Crippen molar-refractivity contribution in [1.29, 1.82) is 0 Å². The zero-order chi connectivity index (χ0) is 19.4. The van der Waals surface area contributed by atoms with Gasteiger partial charge in [0.1, 0.15) is 5.60 Å². The molecule has 1 atom stereocenters. The number of hydrogen-bond donors (Lipinski definition) is 1. The van der Waals surface area contributed by atoms with Gasteiger partial charge in [0, 0.05) is 34.6 Å². The van der Waals surface area contributed by atoms with Crippen LogP contribution in [0.3, 0.4) is 0 Å². The van der Waals surface area contributed by atoms with E-state index in [0.717, 1.165) is 40.4 Å². The fourth-order valence-electron chi connectivity index (χ4n) is 3.90. The van der Waals surface area contributed by atoms with E-state index >= 15 is 0 Å². The van der Waals surface area contributed by atoms with Gasteiger partial charge < -0.3 is 15.0 Å². The molecule has 1 aromatic heterocycles. The van der Waals surface area contributed by atoms with Gasteiger partial charge >= 0.3 is 6.09 Å². The molecule has 27 heavy (non-hydrogen) atoms. The number of nitrogens with one attached hydrogen (secondary N) is 1. The van der Waals surface area contributed by atoms with E-state index in [1.807, 2.05) is 32.9 Å². The minimum absolute atomic E-state index is 0.0544. The molecular weight excluding hydrogens is 430 g/mol. The molecular formula is C20H23BrClN3O2. The summed E-state index contributed by atoms with van der Waals surface area (Å²) in [5.41, 5.74) is 1.51. The van der Waals surface area contributed by atoms with Crippen molar-refractivity contribution in [3.8, 4) is 0 Å². The van der Waals surface area contributed by atoms with Crippen molar-refractivity contribution in [1.82, 2.24) is 10.3 Å². The molecule has 0 unspecified atom stereocenters. The molecule has 2 aromatic rings. The van der Waals surface area contributed by atoms with Gasteiger partial charge in [-0.05, 0) is 51.8 Å². The van der Waals surface area contributed by atoms with Gasteiger partial charge in [-0.3, -0.25) is 4.98 Å². The number of carbonyl (C=O) groups is 1. The molecule has 1 saturated heterocycles. The first-order valence-corrected chi connectivity index (χ1v) is 10.3. The number of pyridine rings is 1. The quantitative estimate of drug-likeness (QED) is 0.685. The zero-order valence-corrected chi connectivity index (χ0v) is 18.0. The van der Waals surface area contributed by atoms with Crippen LogP contribution in [0, 0.1) is 5.41 Å². The third-order valence-electron chi connectivity index (χ3n) is 5.30. The lowest BCUT2D eigenvalue weighted by Crippen LogP contribution is -2.44. The second kappa shape index (κ2) is 6.52. The second-order valence-electron chi connectivity index (χ2n) is 8.56.